The molecular formula is C17H25NO2. The highest BCUT2D eigenvalue weighted by atomic mass is 16.5. The Balaban J connectivity index is 1.99. The quantitative estimate of drug-likeness (QED) is 0.914. The molecule has 3 heteroatoms. The SMILES string of the molecule is Cc1cc(C)c(C)c(O[C@H](C)C(=O)NC2CCCC2)c1. The normalized spacial score (nSPS) is 17.0. The predicted molar refractivity (Wildman–Crippen MR) is 81.1 cm³/mol. The lowest BCUT2D eigenvalue weighted by molar-refractivity contribution is -0.127. The molecule has 110 valence electrons. The maximum absolute atomic E-state index is 12.1. The van der Waals surface area contributed by atoms with Crippen molar-refractivity contribution < 1.29 is 9.53 Å². The highest BCUT2D eigenvalue weighted by Crippen LogP contribution is 2.24. The topological polar surface area (TPSA) is 38.3 Å². The molecule has 1 amide bonds. The first kappa shape index (κ1) is 14.9. The van der Waals surface area contributed by atoms with Gasteiger partial charge in [0.15, 0.2) is 6.10 Å². The van der Waals surface area contributed by atoms with Gasteiger partial charge in [0, 0.05) is 6.04 Å². The van der Waals surface area contributed by atoms with Gasteiger partial charge < -0.3 is 10.1 Å². The van der Waals surface area contributed by atoms with Gasteiger partial charge in [-0.3, -0.25) is 4.79 Å². The van der Waals surface area contributed by atoms with Crippen LogP contribution in [0.15, 0.2) is 12.1 Å². The lowest BCUT2D eigenvalue weighted by Gasteiger charge is -2.20. The Hall–Kier alpha value is -1.51. The Morgan fingerprint density at radius 1 is 1.25 bits per heavy atom. The monoisotopic (exact) mass is 275 g/mol. The van der Waals surface area contributed by atoms with Gasteiger partial charge in [-0.1, -0.05) is 18.9 Å². The van der Waals surface area contributed by atoms with Crippen molar-refractivity contribution in [1.82, 2.24) is 5.32 Å². The van der Waals surface area contributed by atoms with Crippen LogP contribution < -0.4 is 10.1 Å². The van der Waals surface area contributed by atoms with E-state index in [1.54, 1.807) is 0 Å². The van der Waals surface area contributed by atoms with E-state index in [2.05, 4.69) is 18.3 Å². The number of ether oxygens (including phenoxy) is 1. The van der Waals surface area contributed by atoms with Gasteiger partial charge in [0.05, 0.1) is 0 Å². The first-order chi connectivity index (χ1) is 9.47. The van der Waals surface area contributed by atoms with Crippen LogP contribution in [0.25, 0.3) is 0 Å². The third-order valence-electron chi connectivity index (χ3n) is 4.14. The van der Waals surface area contributed by atoms with Crippen LogP contribution in [0.2, 0.25) is 0 Å². The molecule has 1 aliphatic carbocycles. The van der Waals surface area contributed by atoms with Crippen molar-refractivity contribution >= 4 is 5.91 Å². The van der Waals surface area contributed by atoms with Crippen molar-refractivity contribution in [2.75, 3.05) is 0 Å². The van der Waals surface area contributed by atoms with E-state index < -0.39 is 6.10 Å². The lowest BCUT2D eigenvalue weighted by Crippen LogP contribution is -2.41. The second-order valence-corrected chi connectivity index (χ2v) is 5.96. The predicted octanol–water partition coefficient (Wildman–Crippen LogP) is 3.44. The fourth-order valence-electron chi connectivity index (χ4n) is 2.76. The molecule has 0 aromatic heterocycles. The largest absolute Gasteiger partial charge is 0.481 e. The molecule has 1 saturated carbocycles. The molecule has 0 heterocycles. The average molecular weight is 275 g/mol. The summed E-state index contributed by atoms with van der Waals surface area (Å²) < 4.78 is 5.87. The fourth-order valence-corrected chi connectivity index (χ4v) is 2.76. The van der Waals surface area contributed by atoms with Gasteiger partial charge in [-0.05, 0) is 63.3 Å². The number of carbonyl (C=O) groups is 1. The van der Waals surface area contributed by atoms with Crippen molar-refractivity contribution in [3.8, 4) is 5.75 Å². The van der Waals surface area contributed by atoms with E-state index in [0.29, 0.717) is 6.04 Å². The van der Waals surface area contributed by atoms with E-state index in [9.17, 15) is 4.79 Å². The van der Waals surface area contributed by atoms with Crippen LogP contribution in [0, 0.1) is 20.8 Å². The number of aryl methyl sites for hydroxylation is 2. The van der Waals surface area contributed by atoms with Gasteiger partial charge in [-0.25, -0.2) is 0 Å². The average Bonchev–Trinajstić information content (AvgIpc) is 2.88. The Morgan fingerprint density at radius 2 is 1.90 bits per heavy atom. The number of amides is 1. The van der Waals surface area contributed by atoms with Gasteiger partial charge in [0.25, 0.3) is 5.91 Å². The smallest absolute Gasteiger partial charge is 0.260 e. The van der Waals surface area contributed by atoms with E-state index in [1.165, 1.54) is 18.4 Å². The number of benzene rings is 1. The van der Waals surface area contributed by atoms with E-state index in [-0.39, 0.29) is 5.91 Å². The van der Waals surface area contributed by atoms with Crippen LogP contribution in [-0.2, 0) is 4.79 Å². The molecule has 0 saturated heterocycles. The Labute approximate surface area is 121 Å². The molecule has 0 aliphatic heterocycles. The minimum Gasteiger partial charge on any atom is -0.481 e. The molecular weight excluding hydrogens is 250 g/mol. The molecule has 0 unspecified atom stereocenters. The minimum atomic E-state index is -0.449. The van der Waals surface area contributed by atoms with Gasteiger partial charge >= 0.3 is 0 Å². The van der Waals surface area contributed by atoms with Crippen LogP contribution in [0.1, 0.15) is 49.3 Å². The van der Waals surface area contributed by atoms with Crippen LogP contribution in [0.3, 0.4) is 0 Å². The van der Waals surface area contributed by atoms with E-state index in [1.807, 2.05) is 26.8 Å². The molecule has 1 aliphatic rings. The highest BCUT2D eigenvalue weighted by Gasteiger charge is 2.22. The molecule has 20 heavy (non-hydrogen) atoms. The van der Waals surface area contributed by atoms with Crippen molar-refractivity contribution in [2.24, 2.45) is 0 Å². The van der Waals surface area contributed by atoms with Gasteiger partial charge in [-0.2, -0.15) is 0 Å². The number of carbonyl (C=O) groups excluding carboxylic acids is 1. The molecule has 3 nitrogen and oxygen atoms in total. The Morgan fingerprint density at radius 3 is 2.55 bits per heavy atom. The van der Waals surface area contributed by atoms with E-state index in [4.69, 9.17) is 4.74 Å². The molecule has 0 spiro atoms. The molecule has 1 aromatic carbocycles. The molecule has 0 radical (unpaired) electrons. The zero-order chi connectivity index (χ0) is 14.7. The summed E-state index contributed by atoms with van der Waals surface area (Å²) in [5, 5.41) is 3.08. The van der Waals surface area contributed by atoms with Gasteiger partial charge in [0.2, 0.25) is 0 Å². The second kappa shape index (κ2) is 6.29. The van der Waals surface area contributed by atoms with Crippen LogP contribution in [-0.4, -0.2) is 18.1 Å². The molecule has 2 rings (SSSR count). The van der Waals surface area contributed by atoms with Gasteiger partial charge in [-0.15, -0.1) is 0 Å². The number of rotatable bonds is 4. The third-order valence-corrected chi connectivity index (χ3v) is 4.14. The van der Waals surface area contributed by atoms with Crippen molar-refractivity contribution in [2.45, 2.75) is 65.5 Å². The van der Waals surface area contributed by atoms with Crippen LogP contribution >= 0.6 is 0 Å². The summed E-state index contributed by atoms with van der Waals surface area (Å²) >= 11 is 0. The van der Waals surface area contributed by atoms with Crippen molar-refractivity contribution in [3.63, 3.8) is 0 Å². The third kappa shape index (κ3) is 3.53. The lowest BCUT2D eigenvalue weighted by atomic mass is 10.1. The highest BCUT2D eigenvalue weighted by molar-refractivity contribution is 5.81. The second-order valence-electron chi connectivity index (χ2n) is 5.96. The summed E-state index contributed by atoms with van der Waals surface area (Å²) in [5.41, 5.74) is 3.46. The summed E-state index contributed by atoms with van der Waals surface area (Å²) in [5.74, 6) is 0.812. The van der Waals surface area contributed by atoms with E-state index in [0.717, 1.165) is 29.7 Å². The Bertz CT molecular complexity index is 490. The van der Waals surface area contributed by atoms with Crippen LogP contribution in [0.4, 0.5) is 0 Å². The summed E-state index contributed by atoms with van der Waals surface area (Å²) in [7, 11) is 0. The fraction of sp³-hybridized carbons (Fsp3) is 0.588. The van der Waals surface area contributed by atoms with Crippen molar-refractivity contribution in [3.05, 3.63) is 28.8 Å². The number of hydrogen-bond acceptors (Lipinski definition) is 2. The van der Waals surface area contributed by atoms with Crippen molar-refractivity contribution in [1.29, 1.82) is 0 Å². The van der Waals surface area contributed by atoms with Gasteiger partial charge in [0.1, 0.15) is 5.75 Å². The molecule has 1 aromatic rings. The maximum Gasteiger partial charge on any atom is 0.260 e. The molecule has 1 N–H and O–H groups in total. The Kier molecular flexibility index (Phi) is 4.69. The summed E-state index contributed by atoms with van der Waals surface area (Å²) in [6.45, 7) is 7.97. The number of nitrogens with one attached hydrogen (secondary N) is 1. The molecule has 1 fully saturated rings. The molecule has 1 atom stereocenters. The summed E-state index contributed by atoms with van der Waals surface area (Å²) in [6.07, 6.45) is 4.19. The first-order valence-electron chi connectivity index (χ1n) is 7.52. The zero-order valence-corrected chi connectivity index (χ0v) is 13.0. The maximum atomic E-state index is 12.1. The minimum absolute atomic E-state index is 0.00420. The van der Waals surface area contributed by atoms with Crippen LogP contribution in [0.5, 0.6) is 5.75 Å². The standard InChI is InChI=1S/C17H25NO2/c1-11-9-12(2)13(3)16(10-11)20-14(4)17(19)18-15-7-5-6-8-15/h9-10,14-15H,5-8H2,1-4H3,(H,18,19)/t14-/m1/s1. The zero-order valence-electron chi connectivity index (χ0n) is 13.0. The summed E-state index contributed by atoms with van der Waals surface area (Å²) in [6, 6.07) is 4.47. The first-order valence-corrected chi connectivity index (χ1v) is 7.52. The molecule has 0 bridgehead atoms. The van der Waals surface area contributed by atoms with E-state index >= 15 is 0 Å². The summed E-state index contributed by atoms with van der Waals surface area (Å²) in [4.78, 5) is 12.1. The number of hydrogen-bond donors (Lipinski definition) is 1.